The van der Waals surface area contributed by atoms with Crippen molar-refractivity contribution in [3.63, 3.8) is 0 Å². The maximum atomic E-state index is 13.5. The number of halogens is 3. The molecule has 0 spiro atoms. The topological polar surface area (TPSA) is 104 Å². The molecule has 0 bridgehead atoms. The van der Waals surface area contributed by atoms with E-state index >= 15 is 0 Å². The van der Waals surface area contributed by atoms with Crippen molar-refractivity contribution in [2.24, 2.45) is 0 Å². The first-order chi connectivity index (χ1) is 19.0. The third-order valence-corrected chi connectivity index (χ3v) is 6.89. The molecule has 3 aromatic rings. The number of nitrogens with one attached hydrogen (secondary N) is 2. The van der Waals surface area contributed by atoms with Gasteiger partial charge in [0.2, 0.25) is 5.91 Å². The van der Waals surface area contributed by atoms with Gasteiger partial charge < -0.3 is 25.2 Å². The monoisotopic (exact) mass is 553 g/mol. The normalized spacial score (nSPS) is 17.9. The Bertz CT molecular complexity index is 1410. The number of nitrogens with zero attached hydrogens (tertiary/aromatic N) is 3. The lowest BCUT2D eigenvalue weighted by molar-refractivity contribution is -0.274. The van der Waals surface area contributed by atoms with E-state index in [1.165, 1.54) is 35.4 Å². The molecule has 1 fully saturated rings. The molecule has 5 rings (SSSR count). The van der Waals surface area contributed by atoms with Gasteiger partial charge in [0.1, 0.15) is 23.0 Å². The summed E-state index contributed by atoms with van der Waals surface area (Å²) in [5, 5.41) is 5.59. The van der Waals surface area contributed by atoms with E-state index in [0.717, 1.165) is 5.69 Å². The van der Waals surface area contributed by atoms with Gasteiger partial charge in [0.15, 0.2) is 0 Å². The molecule has 9 nitrogen and oxygen atoms in total. The highest BCUT2D eigenvalue weighted by atomic mass is 19.4. The SMILES string of the molecule is CN1C(=O)[C@H](NC(=O)C2(NC(=O)c3ccccn3)CC2)CN(Cc2ccc(OC(F)(F)F)cc2)c2ccccc21. The Morgan fingerprint density at radius 1 is 1.02 bits per heavy atom. The predicted molar refractivity (Wildman–Crippen MR) is 140 cm³/mol. The number of aromatic nitrogens is 1. The fourth-order valence-electron chi connectivity index (χ4n) is 4.65. The van der Waals surface area contributed by atoms with Gasteiger partial charge in [-0.3, -0.25) is 19.4 Å². The van der Waals surface area contributed by atoms with Gasteiger partial charge in [0.25, 0.3) is 11.8 Å². The lowest BCUT2D eigenvalue weighted by Gasteiger charge is -2.28. The Balaban J connectivity index is 1.35. The molecule has 12 heteroatoms. The summed E-state index contributed by atoms with van der Waals surface area (Å²) in [7, 11) is 1.61. The zero-order valence-corrected chi connectivity index (χ0v) is 21.4. The second-order valence-electron chi connectivity index (χ2n) is 9.74. The molecule has 1 saturated carbocycles. The summed E-state index contributed by atoms with van der Waals surface area (Å²) in [6.45, 7) is 0.343. The predicted octanol–water partition coefficient (Wildman–Crippen LogP) is 3.41. The third-order valence-electron chi connectivity index (χ3n) is 6.89. The molecule has 2 aliphatic rings. The number of carbonyl (C=O) groups excluding carboxylic acids is 3. The molecule has 0 saturated heterocycles. The number of benzene rings is 2. The molecule has 0 unspecified atom stereocenters. The van der Waals surface area contributed by atoms with Crippen LogP contribution in [0.2, 0.25) is 0 Å². The summed E-state index contributed by atoms with van der Waals surface area (Å²) in [6, 6.07) is 16.6. The maximum Gasteiger partial charge on any atom is 0.573 e. The Kier molecular flexibility index (Phi) is 7.09. The number of hydrogen-bond donors (Lipinski definition) is 2. The zero-order valence-electron chi connectivity index (χ0n) is 21.4. The van der Waals surface area contributed by atoms with E-state index in [-0.39, 0.29) is 30.4 Å². The standard InChI is InChI=1S/C28H26F3N5O4/c1-35-22-7-2-3-8-23(22)36(16-18-9-11-19(12-10-18)40-28(29,30)31)17-21(25(35)38)33-26(39)27(13-14-27)34-24(37)20-6-4-5-15-32-20/h2-12,15,21H,13-14,16-17H2,1H3,(H,33,39)(H,34,37)/t21-/m1/s1. The van der Waals surface area contributed by atoms with Crippen LogP contribution in [-0.2, 0) is 16.1 Å². The second-order valence-corrected chi connectivity index (χ2v) is 9.74. The Hall–Kier alpha value is -4.61. The molecule has 2 heterocycles. The van der Waals surface area contributed by atoms with Gasteiger partial charge in [-0.25, -0.2) is 0 Å². The second kappa shape index (κ2) is 10.5. The van der Waals surface area contributed by atoms with Gasteiger partial charge in [-0.15, -0.1) is 13.2 Å². The lowest BCUT2D eigenvalue weighted by atomic mass is 10.1. The first-order valence-electron chi connectivity index (χ1n) is 12.6. The molecule has 2 N–H and O–H groups in total. The molecule has 2 aromatic carbocycles. The van der Waals surface area contributed by atoms with Crippen LogP contribution < -0.4 is 25.2 Å². The molecular weight excluding hydrogens is 527 g/mol. The number of pyridine rings is 1. The van der Waals surface area contributed by atoms with E-state index in [4.69, 9.17) is 0 Å². The van der Waals surface area contributed by atoms with Gasteiger partial charge >= 0.3 is 6.36 Å². The molecule has 1 aliphatic heterocycles. The highest BCUT2D eigenvalue weighted by molar-refractivity contribution is 6.05. The van der Waals surface area contributed by atoms with E-state index in [9.17, 15) is 27.6 Å². The third kappa shape index (κ3) is 5.85. The molecule has 0 radical (unpaired) electrons. The fourth-order valence-corrected chi connectivity index (χ4v) is 4.65. The number of amides is 3. The van der Waals surface area contributed by atoms with Gasteiger partial charge in [0, 0.05) is 26.3 Å². The Morgan fingerprint density at radius 2 is 1.70 bits per heavy atom. The van der Waals surface area contributed by atoms with E-state index in [0.29, 0.717) is 24.1 Å². The number of fused-ring (bicyclic) bond motifs is 1. The Labute approximate surface area is 227 Å². The van der Waals surface area contributed by atoms with Crippen LogP contribution >= 0.6 is 0 Å². The van der Waals surface area contributed by atoms with Crippen molar-refractivity contribution in [1.29, 1.82) is 0 Å². The average Bonchev–Trinajstić information content (AvgIpc) is 3.73. The quantitative estimate of drug-likeness (QED) is 0.465. The highest BCUT2D eigenvalue weighted by Crippen LogP contribution is 2.37. The van der Waals surface area contributed by atoms with Crippen molar-refractivity contribution in [1.82, 2.24) is 15.6 Å². The van der Waals surface area contributed by atoms with Crippen LogP contribution in [0.3, 0.4) is 0 Å². The number of carbonyl (C=O) groups is 3. The summed E-state index contributed by atoms with van der Waals surface area (Å²) >= 11 is 0. The van der Waals surface area contributed by atoms with Crippen LogP contribution in [0.25, 0.3) is 0 Å². The van der Waals surface area contributed by atoms with Crippen molar-refractivity contribution >= 4 is 29.1 Å². The number of alkyl halides is 3. The van der Waals surface area contributed by atoms with Crippen LogP contribution in [0.15, 0.2) is 72.9 Å². The average molecular weight is 554 g/mol. The molecule has 1 aromatic heterocycles. The first-order valence-corrected chi connectivity index (χ1v) is 12.6. The summed E-state index contributed by atoms with van der Waals surface area (Å²) in [5.41, 5.74) is 1.06. The zero-order chi connectivity index (χ0) is 28.5. The molecule has 40 heavy (non-hydrogen) atoms. The summed E-state index contributed by atoms with van der Waals surface area (Å²) in [6.07, 6.45) is -2.47. The van der Waals surface area contributed by atoms with Crippen molar-refractivity contribution in [3.05, 3.63) is 84.2 Å². The van der Waals surface area contributed by atoms with Gasteiger partial charge in [-0.05, 0) is 54.8 Å². The van der Waals surface area contributed by atoms with E-state index in [1.54, 1.807) is 37.4 Å². The van der Waals surface area contributed by atoms with E-state index < -0.39 is 29.8 Å². The van der Waals surface area contributed by atoms with E-state index in [1.807, 2.05) is 17.0 Å². The van der Waals surface area contributed by atoms with Crippen molar-refractivity contribution in [2.75, 3.05) is 23.4 Å². The summed E-state index contributed by atoms with van der Waals surface area (Å²) < 4.78 is 41.6. The molecule has 1 atom stereocenters. The number of likely N-dealkylation sites (N-methyl/N-ethyl adjacent to an activating group) is 1. The largest absolute Gasteiger partial charge is 0.573 e. The number of anilines is 2. The van der Waals surface area contributed by atoms with E-state index in [2.05, 4.69) is 20.4 Å². The van der Waals surface area contributed by atoms with Crippen molar-refractivity contribution < 1.29 is 32.3 Å². The van der Waals surface area contributed by atoms with Crippen LogP contribution in [0.4, 0.5) is 24.5 Å². The van der Waals surface area contributed by atoms with Crippen LogP contribution in [0.1, 0.15) is 28.9 Å². The minimum atomic E-state index is -4.79. The van der Waals surface area contributed by atoms with Crippen LogP contribution in [0.5, 0.6) is 5.75 Å². The minimum absolute atomic E-state index is 0.0942. The van der Waals surface area contributed by atoms with Gasteiger partial charge in [-0.2, -0.15) is 0 Å². The van der Waals surface area contributed by atoms with Gasteiger partial charge in [0.05, 0.1) is 11.4 Å². The van der Waals surface area contributed by atoms with Crippen LogP contribution in [0, 0.1) is 0 Å². The molecule has 3 amide bonds. The summed E-state index contributed by atoms with van der Waals surface area (Å²) in [5.74, 6) is -1.63. The number of rotatable bonds is 7. The molecular formula is C28H26F3N5O4. The lowest BCUT2D eigenvalue weighted by Crippen LogP contribution is -2.57. The van der Waals surface area contributed by atoms with Crippen molar-refractivity contribution in [2.45, 2.75) is 37.3 Å². The first kappa shape index (κ1) is 27.0. The number of ether oxygens (including phenoxy) is 1. The number of para-hydroxylation sites is 2. The molecule has 208 valence electrons. The molecule has 1 aliphatic carbocycles. The highest BCUT2D eigenvalue weighted by Gasteiger charge is 2.52. The van der Waals surface area contributed by atoms with Crippen molar-refractivity contribution in [3.8, 4) is 5.75 Å². The Morgan fingerprint density at radius 3 is 2.33 bits per heavy atom. The number of hydrogen-bond acceptors (Lipinski definition) is 6. The smallest absolute Gasteiger partial charge is 0.406 e. The summed E-state index contributed by atoms with van der Waals surface area (Å²) in [4.78, 5) is 46.9. The maximum absolute atomic E-state index is 13.5. The van der Waals surface area contributed by atoms with Crippen LogP contribution in [-0.4, -0.2) is 54.2 Å². The van der Waals surface area contributed by atoms with Gasteiger partial charge in [-0.1, -0.05) is 30.3 Å². The fraction of sp³-hybridized carbons (Fsp3) is 0.286. The minimum Gasteiger partial charge on any atom is -0.406 e.